The van der Waals surface area contributed by atoms with Gasteiger partial charge in [-0.25, -0.2) is 13.4 Å². The summed E-state index contributed by atoms with van der Waals surface area (Å²) in [5.41, 5.74) is 3.26. The smallest absolute Gasteiger partial charge is 0.293 e. The van der Waals surface area contributed by atoms with Crippen LogP contribution in [0.1, 0.15) is 23.0 Å². The maximum Gasteiger partial charge on any atom is 0.293 e. The lowest BCUT2D eigenvalue weighted by atomic mass is 10.1. The Morgan fingerprint density at radius 2 is 1.94 bits per heavy atom. The standard InChI is InChI=1S/C22H21N3O5S2/c1-4-29-16-9-10-19-17(11-16)13(2)20(30-19)21(26)24-22-23-18(12-31-22)14-5-7-15(8-6-14)25-32(3,27)28/h5-12,25H,4H2,1-3H3,(H,23,24,26). The zero-order valence-electron chi connectivity index (χ0n) is 17.6. The van der Waals surface area contributed by atoms with Crippen LogP contribution in [0.25, 0.3) is 22.2 Å². The molecule has 0 aliphatic heterocycles. The number of ether oxygens (including phenoxy) is 1. The number of aryl methyl sites for hydroxylation is 1. The molecule has 0 aliphatic carbocycles. The maximum absolute atomic E-state index is 12.8. The van der Waals surface area contributed by atoms with Crippen molar-refractivity contribution in [3.05, 3.63) is 59.2 Å². The van der Waals surface area contributed by atoms with Crippen LogP contribution in [0.3, 0.4) is 0 Å². The Morgan fingerprint density at radius 1 is 1.19 bits per heavy atom. The molecule has 2 N–H and O–H groups in total. The number of carbonyl (C=O) groups excluding carboxylic acids is 1. The van der Waals surface area contributed by atoms with Crippen molar-refractivity contribution in [2.45, 2.75) is 13.8 Å². The molecule has 2 aromatic heterocycles. The van der Waals surface area contributed by atoms with Gasteiger partial charge in [0.25, 0.3) is 5.91 Å². The van der Waals surface area contributed by atoms with Crippen molar-refractivity contribution in [1.29, 1.82) is 0 Å². The summed E-state index contributed by atoms with van der Waals surface area (Å²) in [5.74, 6) is 0.560. The van der Waals surface area contributed by atoms with Gasteiger partial charge >= 0.3 is 0 Å². The molecule has 166 valence electrons. The summed E-state index contributed by atoms with van der Waals surface area (Å²) in [7, 11) is -3.34. The van der Waals surface area contributed by atoms with E-state index < -0.39 is 10.0 Å². The first-order chi connectivity index (χ1) is 15.2. The van der Waals surface area contributed by atoms with E-state index in [2.05, 4.69) is 15.0 Å². The number of nitrogens with one attached hydrogen (secondary N) is 2. The van der Waals surface area contributed by atoms with Gasteiger partial charge in [0.15, 0.2) is 10.9 Å². The zero-order valence-corrected chi connectivity index (χ0v) is 19.3. The molecule has 0 bridgehead atoms. The number of aromatic nitrogens is 1. The van der Waals surface area contributed by atoms with Crippen molar-refractivity contribution < 1.29 is 22.4 Å². The van der Waals surface area contributed by atoms with Crippen LogP contribution in [-0.2, 0) is 10.0 Å². The van der Waals surface area contributed by atoms with E-state index in [0.717, 1.165) is 28.5 Å². The summed E-state index contributed by atoms with van der Waals surface area (Å²) < 4.78 is 36.4. The Balaban J connectivity index is 1.51. The van der Waals surface area contributed by atoms with Crippen LogP contribution in [0, 0.1) is 6.92 Å². The van der Waals surface area contributed by atoms with Crippen LogP contribution in [-0.4, -0.2) is 32.2 Å². The van der Waals surface area contributed by atoms with E-state index in [9.17, 15) is 13.2 Å². The largest absolute Gasteiger partial charge is 0.494 e. The minimum atomic E-state index is -3.34. The first-order valence-electron chi connectivity index (χ1n) is 9.74. The normalized spacial score (nSPS) is 11.5. The first-order valence-corrected chi connectivity index (χ1v) is 12.5. The first kappa shape index (κ1) is 21.8. The highest BCUT2D eigenvalue weighted by atomic mass is 32.2. The van der Waals surface area contributed by atoms with Crippen molar-refractivity contribution in [3.8, 4) is 17.0 Å². The molecule has 0 aliphatic rings. The van der Waals surface area contributed by atoms with Crippen molar-refractivity contribution in [1.82, 2.24) is 4.98 Å². The van der Waals surface area contributed by atoms with Crippen molar-refractivity contribution >= 4 is 49.1 Å². The van der Waals surface area contributed by atoms with Crippen LogP contribution in [0.2, 0.25) is 0 Å². The molecule has 32 heavy (non-hydrogen) atoms. The number of hydrogen-bond acceptors (Lipinski definition) is 7. The highest BCUT2D eigenvalue weighted by Crippen LogP contribution is 2.31. The second-order valence-electron chi connectivity index (χ2n) is 7.09. The summed E-state index contributed by atoms with van der Waals surface area (Å²) in [5, 5.41) is 5.85. The molecule has 10 heteroatoms. The number of amides is 1. The van der Waals surface area contributed by atoms with E-state index in [-0.39, 0.29) is 11.7 Å². The predicted octanol–water partition coefficient (Wildman–Crippen LogP) is 4.89. The lowest BCUT2D eigenvalue weighted by Crippen LogP contribution is -2.11. The molecular weight excluding hydrogens is 450 g/mol. The molecule has 1 amide bonds. The number of furan rings is 1. The Hall–Kier alpha value is -3.37. The van der Waals surface area contributed by atoms with E-state index in [0.29, 0.717) is 28.7 Å². The average Bonchev–Trinajstić information content (AvgIpc) is 3.32. The molecule has 4 rings (SSSR count). The van der Waals surface area contributed by atoms with E-state index >= 15 is 0 Å². The Kier molecular flexibility index (Phi) is 5.90. The topological polar surface area (TPSA) is 111 Å². The number of nitrogens with zero attached hydrogens (tertiary/aromatic N) is 1. The van der Waals surface area contributed by atoms with Crippen LogP contribution >= 0.6 is 11.3 Å². The van der Waals surface area contributed by atoms with Crippen LogP contribution in [0.15, 0.2) is 52.3 Å². The zero-order chi connectivity index (χ0) is 22.9. The minimum Gasteiger partial charge on any atom is -0.494 e. The molecule has 0 radical (unpaired) electrons. The monoisotopic (exact) mass is 471 g/mol. The van der Waals surface area contributed by atoms with Gasteiger partial charge in [0.05, 0.1) is 18.6 Å². The fraction of sp³-hybridized carbons (Fsp3) is 0.182. The summed E-state index contributed by atoms with van der Waals surface area (Å²) in [6, 6.07) is 12.3. The van der Waals surface area contributed by atoms with Gasteiger partial charge in [-0.2, -0.15) is 0 Å². The SMILES string of the molecule is CCOc1ccc2oc(C(=O)Nc3nc(-c4ccc(NS(C)(=O)=O)cc4)cs3)c(C)c2c1. The molecule has 0 atom stereocenters. The van der Waals surface area contributed by atoms with Gasteiger partial charge in [-0.15, -0.1) is 11.3 Å². The second kappa shape index (κ2) is 8.64. The number of thiazole rings is 1. The van der Waals surface area contributed by atoms with E-state index in [1.165, 1.54) is 11.3 Å². The second-order valence-corrected chi connectivity index (χ2v) is 9.70. The molecule has 2 heterocycles. The van der Waals surface area contributed by atoms with Gasteiger partial charge in [-0.05, 0) is 44.2 Å². The van der Waals surface area contributed by atoms with Crippen molar-refractivity contribution in [2.24, 2.45) is 0 Å². The lowest BCUT2D eigenvalue weighted by Gasteiger charge is -2.04. The summed E-state index contributed by atoms with van der Waals surface area (Å²) >= 11 is 1.29. The molecular formula is C22H21N3O5S2. The molecule has 0 unspecified atom stereocenters. The van der Waals surface area contributed by atoms with Crippen molar-refractivity contribution in [2.75, 3.05) is 22.9 Å². The van der Waals surface area contributed by atoms with E-state index in [1.807, 2.05) is 25.3 Å². The number of anilines is 2. The fourth-order valence-electron chi connectivity index (χ4n) is 3.21. The number of benzene rings is 2. The quantitative estimate of drug-likeness (QED) is 0.397. The number of sulfonamides is 1. The van der Waals surface area contributed by atoms with Gasteiger partial charge in [-0.1, -0.05) is 12.1 Å². The van der Waals surface area contributed by atoms with Crippen LogP contribution in [0.5, 0.6) is 5.75 Å². The fourth-order valence-corrected chi connectivity index (χ4v) is 4.49. The third-order valence-corrected chi connectivity index (χ3v) is 6.00. The highest BCUT2D eigenvalue weighted by Gasteiger charge is 2.19. The number of carbonyl (C=O) groups is 1. The number of hydrogen-bond donors (Lipinski definition) is 2. The molecule has 4 aromatic rings. The molecule has 0 saturated heterocycles. The summed E-state index contributed by atoms with van der Waals surface area (Å²) in [4.78, 5) is 17.3. The summed E-state index contributed by atoms with van der Waals surface area (Å²) in [6.07, 6.45) is 1.10. The van der Waals surface area contributed by atoms with Gasteiger partial charge < -0.3 is 9.15 Å². The van der Waals surface area contributed by atoms with Crippen molar-refractivity contribution in [3.63, 3.8) is 0 Å². The maximum atomic E-state index is 12.8. The Bertz CT molecular complexity index is 1390. The number of fused-ring (bicyclic) bond motifs is 1. The number of rotatable bonds is 7. The Labute approximate surface area is 189 Å². The average molecular weight is 472 g/mol. The van der Waals surface area contributed by atoms with E-state index in [4.69, 9.17) is 9.15 Å². The van der Waals surface area contributed by atoms with Gasteiger partial charge in [0.2, 0.25) is 10.0 Å². The van der Waals surface area contributed by atoms with Gasteiger partial charge in [-0.3, -0.25) is 14.8 Å². The molecule has 2 aromatic carbocycles. The lowest BCUT2D eigenvalue weighted by molar-refractivity contribution is 0.0998. The summed E-state index contributed by atoms with van der Waals surface area (Å²) in [6.45, 7) is 4.30. The van der Waals surface area contributed by atoms with E-state index in [1.54, 1.807) is 36.4 Å². The molecule has 0 fully saturated rings. The highest BCUT2D eigenvalue weighted by molar-refractivity contribution is 7.92. The van der Waals surface area contributed by atoms with Gasteiger partial charge in [0.1, 0.15) is 11.3 Å². The molecule has 0 spiro atoms. The van der Waals surface area contributed by atoms with Crippen LogP contribution in [0.4, 0.5) is 10.8 Å². The van der Waals surface area contributed by atoms with Crippen LogP contribution < -0.4 is 14.8 Å². The Morgan fingerprint density at radius 3 is 2.62 bits per heavy atom. The minimum absolute atomic E-state index is 0.224. The third-order valence-electron chi connectivity index (χ3n) is 4.63. The third kappa shape index (κ3) is 4.76. The molecule has 0 saturated carbocycles. The van der Waals surface area contributed by atoms with Gasteiger partial charge in [0, 0.05) is 27.6 Å². The predicted molar refractivity (Wildman–Crippen MR) is 126 cm³/mol. The molecule has 8 nitrogen and oxygen atoms in total.